The van der Waals surface area contributed by atoms with Gasteiger partial charge in [0.2, 0.25) is 0 Å². The zero-order chi connectivity index (χ0) is 13.1. The molecule has 1 aliphatic heterocycles. The molecule has 0 aromatic heterocycles. The van der Waals surface area contributed by atoms with Gasteiger partial charge in [-0.05, 0) is 31.5 Å². The van der Waals surface area contributed by atoms with Gasteiger partial charge in [-0.1, -0.05) is 0 Å². The van der Waals surface area contributed by atoms with E-state index in [1.165, 1.54) is 0 Å². The van der Waals surface area contributed by atoms with Crippen molar-refractivity contribution in [2.75, 3.05) is 24.2 Å². The van der Waals surface area contributed by atoms with Gasteiger partial charge < -0.3 is 21.5 Å². The van der Waals surface area contributed by atoms with E-state index >= 15 is 0 Å². The van der Waals surface area contributed by atoms with Crippen molar-refractivity contribution < 1.29 is 9.53 Å². The van der Waals surface area contributed by atoms with Gasteiger partial charge in [-0.3, -0.25) is 4.79 Å². The topological polar surface area (TPSA) is 90.4 Å². The second kappa shape index (κ2) is 5.27. The first-order valence-corrected chi connectivity index (χ1v) is 6.12. The molecule has 0 aliphatic carbocycles. The fraction of sp³-hybridized carbons (Fsp3) is 0.462. The van der Waals surface area contributed by atoms with Gasteiger partial charge in [0, 0.05) is 30.4 Å². The summed E-state index contributed by atoms with van der Waals surface area (Å²) in [6.07, 6.45) is 1.28. The van der Waals surface area contributed by atoms with Gasteiger partial charge in [-0.15, -0.1) is 0 Å². The molecule has 1 saturated heterocycles. The van der Waals surface area contributed by atoms with Crippen LogP contribution in [0.15, 0.2) is 18.2 Å². The number of hydrogen-bond donors (Lipinski definition) is 3. The summed E-state index contributed by atoms with van der Waals surface area (Å²) in [7, 11) is 0. The van der Waals surface area contributed by atoms with E-state index in [-0.39, 0.29) is 6.10 Å². The number of anilines is 2. The van der Waals surface area contributed by atoms with Gasteiger partial charge >= 0.3 is 0 Å². The summed E-state index contributed by atoms with van der Waals surface area (Å²) >= 11 is 0. The first kappa shape index (κ1) is 12.7. The molecule has 1 aromatic carbocycles. The van der Waals surface area contributed by atoms with Crippen molar-refractivity contribution in [1.29, 1.82) is 0 Å². The van der Waals surface area contributed by atoms with Crippen molar-refractivity contribution in [3.63, 3.8) is 0 Å². The average Bonchev–Trinajstić information content (AvgIpc) is 2.72. The van der Waals surface area contributed by atoms with Crippen LogP contribution in [0.25, 0.3) is 0 Å². The molecule has 18 heavy (non-hydrogen) atoms. The molecule has 0 spiro atoms. The van der Waals surface area contributed by atoms with Crippen LogP contribution in [0.3, 0.4) is 0 Å². The van der Waals surface area contributed by atoms with Crippen LogP contribution in [0.5, 0.6) is 0 Å². The number of nitrogens with two attached hydrogens (primary N) is 2. The van der Waals surface area contributed by atoms with E-state index in [9.17, 15) is 4.79 Å². The predicted octanol–water partition coefficient (Wildman–Crippen LogP) is 1.20. The van der Waals surface area contributed by atoms with E-state index in [1.807, 2.05) is 0 Å². The lowest BCUT2D eigenvalue weighted by Crippen LogP contribution is -2.22. The zero-order valence-electron chi connectivity index (χ0n) is 10.5. The van der Waals surface area contributed by atoms with E-state index in [0.717, 1.165) is 19.6 Å². The fourth-order valence-electron chi connectivity index (χ4n) is 2.21. The standard InChI is InChI=1S/C13H19N3O2/c1-8-9(4-5-18-8)7-16-12-6-10(14)2-3-11(12)13(15)17/h2-3,6,8-9,16H,4-5,7,14H2,1H3,(H2,15,17). The van der Waals surface area contributed by atoms with Crippen LogP contribution in [-0.2, 0) is 4.74 Å². The van der Waals surface area contributed by atoms with E-state index in [0.29, 0.717) is 22.9 Å². The van der Waals surface area contributed by atoms with Gasteiger partial charge in [-0.2, -0.15) is 0 Å². The highest BCUT2D eigenvalue weighted by molar-refractivity contribution is 5.99. The summed E-state index contributed by atoms with van der Waals surface area (Å²) in [6.45, 7) is 3.62. The molecule has 5 N–H and O–H groups in total. The Labute approximate surface area is 106 Å². The Bertz CT molecular complexity index is 448. The van der Waals surface area contributed by atoms with Gasteiger partial charge in [0.25, 0.3) is 5.91 Å². The first-order chi connectivity index (χ1) is 8.58. The summed E-state index contributed by atoms with van der Waals surface area (Å²) < 4.78 is 5.50. The highest BCUT2D eigenvalue weighted by Gasteiger charge is 2.24. The molecular formula is C13H19N3O2. The molecule has 1 fully saturated rings. The quantitative estimate of drug-likeness (QED) is 0.699. The highest BCUT2D eigenvalue weighted by atomic mass is 16.5. The zero-order valence-corrected chi connectivity index (χ0v) is 10.5. The van der Waals surface area contributed by atoms with Crippen LogP contribution in [-0.4, -0.2) is 25.2 Å². The SMILES string of the molecule is CC1OCCC1CNc1cc(N)ccc1C(N)=O. The molecule has 0 bridgehead atoms. The number of rotatable bonds is 4. The van der Waals surface area contributed by atoms with Crippen LogP contribution < -0.4 is 16.8 Å². The maximum Gasteiger partial charge on any atom is 0.250 e. The Morgan fingerprint density at radius 2 is 2.33 bits per heavy atom. The van der Waals surface area contributed by atoms with E-state index in [1.54, 1.807) is 18.2 Å². The number of primary amides is 1. The molecule has 1 heterocycles. The van der Waals surface area contributed by atoms with E-state index < -0.39 is 5.91 Å². The molecule has 2 atom stereocenters. The van der Waals surface area contributed by atoms with Gasteiger partial charge in [-0.25, -0.2) is 0 Å². The molecule has 2 rings (SSSR count). The minimum Gasteiger partial charge on any atom is -0.399 e. The van der Waals surface area contributed by atoms with E-state index in [2.05, 4.69) is 12.2 Å². The molecule has 5 heteroatoms. The lowest BCUT2D eigenvalue weighted by molar-refractivity contribution is 0.100. The van der Waals surface area contributed by atoms with Crippen molar-refractivity contribution in [2.45, 2.75) is 19.4 Å². The van der Waals surface area contributed by atoms with Crippen LogP contribution >= 0.6 is 0 Å². The molecule has 1 aromatic rings. The summed E-state index contributed by atoms with van der Waals surface area (Å²) in [5.74, 6) is 0.000350. The molecule has 0 saturated carbocycles. The third-order valence-corrected chi connectivity index (χ3v) is 3.40. The number of nitrogen functional groups attached to an aromatic ring is 1. The van der Waals surface area contributed by atoms with Crippen LogP contribution in [0.4, 0.5) is 11.4 Å². The smallest absolute Gasteiger partial charge is 0.250 e. The number of amides is 1. The minimum absolute atomic E-state index is 0.246. The maximum atomic E-state index is 11.3. The second-order valence-corrected chi connectivity index (χ2v) is 4.67. The van der Waals surface area contributed by atoms with Crippen molar-refractivity contribution >= 4 is 17.3 Å². The Hall–Kier alpha value is -1.75. The Morgan fingerprint density at radius 3 is 2.94 bits per heavy atom. The number of ether oxygens (including phenoxy) is 1. The minimum atomic E-state index is -0.451. The van der Waals surface area contributed by atoms with Crippen molar-refractivity contribution in [3.05, 3.63) is 23.8 Å². The second-order valence-electron chi connectivity index (χ2n) is 4.67. The molecule has 2 unspecified atom stereocenters. The van der Waals surface area contributed by atoms with E-state index in [4.69, 9.17) is 16.2 Å². The van der Waals surface area contributed by atoms with Gasteiger partial charge in [0.1, 0.15) is 0 Å². The van der Waals surface area contributed by atoms with Crippen molar-refractivity contribution in [1.82, 2.24) is 0 Å². The molecule has 5 nitrogen and oxygen atoms in total. The number of hydrogen-bond acceptors (Lipinski definition) is 4. The average molecular weight is 249 g/mol. The Kier molecular flexibility index (Phi) is 3.72. The number of benzene rings is 1. The van der Waals surface area contributed by atoms with Crippen LogP contribution in [0.2, 0.25) is 0 Å². The normalized spacial score (nSPS) is 22.9. The number of carbonyl (C=O) groups is 1. The molecule has 1 amide bonds. The predicted molar refractivity (Wildman–Crippen MR) is 71.4 cm³/mol. The monoisotopic (exact) mass is 249 g/mol. The summed E-state index contributed by atoms with van der Waals surface area (Å²) in [6, 6.07) is 5.06. The van der Waals surface area contributed by atoms with Crippen LogP contribution in [0, 0.1) is 5.92 Å². The summed E-state index contributed by atoms with van der Waals surface area (Å²) in [5.41, 5.74) is 12.8. The molecule has 0 radical (unpaired) electrons. The molecule has 98 valence electrons. The summed E-state index contributed by atoms with van der Waals surface area (Å²) in [4.78, 5) is 11.3. The van der Waals surface area contributed by atoms with Gasteiger partial charge in [0.05, 0.1) is 11.7 Å². The lowest BCUT2D eigenvalue weighted by atomic mass is 10.0. The van der Waals surface area contributed by atoms with Crippen molar-refractivity contribution in [2.24, 2.45) is 11.7 Å². The Balaban J connectivity index is 2.08. The number of carbonyl (C=O) groups excluding carboxylic acids is 1. The van der Waals surface area contributed by atoms with Gasteiger partial charge in [0.15, 0.2) is 0 Å². The van der Waals surface area contributed by atoms with Crippen LogP contribution in [0.1, 0.15) is 23.7 Å². The maximum absolute atomic E-state index is 11.3. The molecule has 1 aliphatic rings. The fourth-order valence-corrected chi connectivity index (χ4v) is 2.21. The first-order valence-electron chi connectivity index (χ1n) is 6.12. The number of nitrogens with one attached hydrogen (secondary N) is 1. The van der Waals surface area contributed by atoms with Crippen molar-refractivity contribution in [3.8, 4) is 0 Å². The largest absolute Gasteiger partial charge is 0.399 e. The molecular weight excluding hydrogens is 230 g/mol. The lowest BCUT2D eigenvalue weighted by Gasteiger charge is -2.17. The third-order valence-electron chi connectivity index (χ3n) is 3.40. The Morgan fingerprint density at radius 1 is 1.56 bits per heavy atom. The summed E-state index contributed by atoms with van der Waals surface area (Å²) in [5, 5.41) is 3.25. The highest BCUT2D eigenvalue weighted by Crippen LogP contribution is 2.23. The third kappa shape index (κ3) is 2.73.